The highest BCUT2D eigenvalue weighted by Gasteiger charge is 2.17. The first-order chi connectivity index (χ1) is 11.5. The lowest BCUT2D eigenvalue weighted by atomic mass is 10.1. The van der Waals surface area contributed by atoms with Gasteiger partial charge in [0.25, 0.3) is 0 Å². The Bertz CT molecular complexity index is 751. The number of nitrogens with one attached hydrogen (secondary N) is 1. The molecule has 1 N–H and O–H groups in total. The fourth-order valence-electron chi connectivity index (χ4n) is 2.54. The van der Waals surface area contributed by atoms with Crippen LogP contribution in [0.3, 0.4) is 0 Å². The molecule has 0 spiro atoms. The Labute approximate surface area is 146 Å². The van der Waals surface area contributed by atoms with Crippen LogP contribution in [-0.2, 0) is 6.54 Å². The molecule has 1 heterocycles. The SMILES string of the molecule is CC(NC(=O)N(C)Cc1ccc2c(c1)OCO2)c1cccc(Cl)c1. The summed E-state index contributed by atoms with van der Waals surface area (Å²) in [6.45, 7) is 2.65. The van der Waals surface area contributed by atoms with Crippen molar-refractivity contribution in [2.45, 2.75) is 19.5 Å². The van der Waals surface area contributed by atoms with Crippen LogP contribution in [0.4, 0.5) is 4.79 Å². The molecule has 0 bridgehead atoms. The molecule has 0 fully saturated rings. The highest BCUT2D eigenvalue weighted by atomic mass is 35.5. The zero-order chi connectivity index (χ0) is 17.1. The van der Waals surface area contributed by atoms with Gasteiger partial charge in [-0.2, -0.15) is 0 Å². The molecule has 24 heavy (non-hydrogen) atoms. The summed E-state index contributed by atoms with van der Waals surface area (Å²) in [4.78, 5) is 14.0. The molecule has 2 amide bonds. The van der Waals surface area contributed by atoms with Crippen molar-refractivity contribution < 1.29 is 14.3 Å². The van der Waals surface area contributed by atoms with Gasteiger partial charge >= 0.3 is 6.03 Å². The van der Waals surface area contributed by atoms with Crippen LogP contribution in [0.25, 0.3) is 0 Å². The van der Waals surface area contributed by atoms with Gasteiger partial charge in [-0.1, -0.05) is 29.8 Å². The number of hydrogen-bond donors (Lipinski definition) is 1. The maximum atomic E-state index is 12.4. The van der Waals surface area contributed by atoms with Crippen molar-refractivity contribution >= 4 is 17.6 Å². The molecule has 2 aromatic carbocycles. The molecule has 1 atom stereocenters. The van der Waals surface area contributed by atoms with Crippen LogP contribution in [0, 0.1) is 0 Å². The first-order valence-electron chi connectivity index (χ1n) is 7.68. The number of halogens is 1. The van der Waals surface area contributed by atoms with Gasteiger partial charge < -0.3 is 19.7 Å². The number of carbonyl (C=O) groups excluding carboxylic acids is 1. The molecule has 0 saturated carbocycles. The first kappa shape index (κ1) is 16.5. The van der Waals surface area contributed by atoms with Crippen LogP contribution in [-0.4, -0.2) is 24.8 Å². The van der Waals surface area contributed by atoms with E-state index in [4.69, 9.17) is 21.1 Å². The molecular weight excluding hydrogens is 328 g/mol. The maximum Gasteiger partial charge on any atom is 0.317 e. The molecule has 126 valence electrons. The Balaban J connectivity index is 1.60. The average Bonchev–Trinajstić information content (AvgIpc) is 3.02. The van der Waals surface area contributed by atoms with Crippen molar-refractivity contribution in [1.29, 1.82) is 0 Å². The predicted molar refractivity (Wildman–Crippen MR) is 92.4 cm³/mol. The van der Waals surface area contributed by atoms with Gasteiger partial charge in [-0.25, -0.2) is 4.79 Å². The van der Waals surface area contributed by atoms with E-state index in [0.29, 0.717) is 17.3 Å². The second-order valence-electron chi connectivity index (χ2n) is 5.77. The molecule has 0 aliphatic carbocycles. The van der Waals surface area contributed by atoms with E-state index in [2.05, 4.69) is 5.32 Å². The number of benzene rings is 2. The first-order valence-corrected chi connectivity index (χ1v) is 8.06. The Morgan fingerprint density at radius 2 is 2.04 bits per heavy atom. The quantitative estimate of drug-likeness (QED) is 0.911. The van der Waals surface area contributed by atoms with Crippen LogP contribution >= 0.6 is 11.6 Å². The Morgan fingerprint density at radius 1 is 1.25 bits per heavy atom. The van der Waals surface area contributed by atoms with Crippen molar-refractivity contribution in [2.24, 2.45) is 0 Å². The van der Waals surface area contributed by atoms with Gasteiger partial charge in [0.05, 0.1) is 6.04 Å². The average molecular weight is 347 g/mol. The van der Waals surface area contributed by atoms with Gasteiger partial charge in [0.1, 0.15) is 0 Å². The summed E-state index contributed by atoms with van der Waals surface area (Å²) >= 11 is 6.00. The highest BCUT2D eigenvalue weighted by Crippen LogP contribution is 2.32. The van der Waals surface area contributed by atoms with Crippen LogP contribution in [0.1, 0.15) is 24.1 Å². The van der Waals surface area contributed by atoms with Crippen LogP contribution in [0.5, 0.6) is 11.5 Å². The van der Waals surface area contributed by atoms with Crippen LogP contribution < -0.4 is 14.8 Å². The zero-order valence-electron chi connectivity index (χ0n) is 13.6. The van der Waals surface area contributed by atoms with Gasteiger partial charge in [0, 0.05) is 18.6 Å². The number of urea groups is 1. The van der Waals surface area contributed by atoms with Gasteiger partial charge in [0.2, 0.25) is 6.79 Å². The summed E-state index contributed by atoms with van der Waals surface area (Å²) in [7, 11) is 1.75. The van der Waals surface area contributed by atoms with E-state index in [9.17, 15) is 4.79 Å². The molecule has 6 heteroatoms. The van der Waals surface area contributed by atoms with Crippen molar-refractivity contribution in [3.63, 3.8) is 0 Å². The molecule has 0 saturated heterocycles. The normalized spacial score (nSPS) is 13.5. The van der Waals surface area contributed by atoms with Crippen molar-refractivity contribution in [3.8, 4) is 11.5 Å². The third-order valence-corrected chi connectivity index (χ3v) is 4.13. The van der Waals surface area contributed by atoms with Crippen molar-refractivity contribution in [2.75, 3.05) is 13.8 Å². The number of nitrogens with zero attached hydrogens (tertiary/aromatic N) is 1. The summed E-state index contributed by atoms with van der Waals surface area (Å²) in [6.07, 6.45) is 0. The highest BCUT2D eigenvalue weighted by molar-refractivity contribution is 6.30. The van der Waals surface area contributed by atoms with Gasteiger partial charge in [0.15, 0.2) is 11.5 Å². The smallest absolute Gasteiger partial charge is 0.317 e. The fourth-order valence-corrected chi connectivity index (χ4v) is 2.74. The standard InChI is InChI=1S/C18H19ClN2O3/c1-12(14-4-3-5-15(19)9-14)20-18(22)21(2)10-13-6-7-16-17(8-13)24-11-23-16/h3-9,12H,10-11H2,1-2H3,(H,20,22). The van der Waals surface area contributed by atoms with E-state index in [1.54, 1.807) is 11.9 Å². The van der Waals surface area contributed by atoms with Gasteiger partial charge in [-0.15, -0.1) is 0 Å². The summed E-state index contributed by atoms with van der Waals surface area (Å²) in [5.41, 5.74) is 1.94. The molecule has 1 aliphatic heterocycles. The predicted octanol–water partition coefficient (Wildman–Crippen LogP) is 3.97. The van der Waals surface area contributed by atoms with Gasteiger partial charge in [-0.05, 0) is 42.3 Å². The van der Waals surface area contributed by atoms with E-state index in [1.807, 2.05) is 49.4 Å². The van der Waals surface area contributed by atoms with E-state index >= 15 is 0 Å². The minimum absolute atomic E-state index is 0.129. The third-order valence-electron chi connectivity index (χ3n) is 3.89. The van der Waals surface area contributed by atoms with Gasteiger partial charge in [-0.3, -0.25) is 0 Å². The molecule has 1 aliphatic rings. The summed E-state index contributed by atoms with van der Waals surface area (Å²) in [5.74, 6) is 1.45. The van der Waals surface area contributed by atoms with E-state index < -0.39 is 0 Å². The monoisotopic (exact) mass is 346 g/mol. The van der Waals surface area contributed by atoms with Crippen LogP contribution in [0.2, 0.25) is 5.02 Å². The minimum Gasteiger partial charge on any atom is -0.454 e. The van der Waals surface area contributed by atoms with E-state index in [0.717, 1.165) is 16.9 Å². The lowest BCUT2D eigenvalue weighted by molar-refractivity contribution is 0.174. The number of amides is 2. The maximum absolute atomic E-state index is 12.4. The Hall–Kier alpha value is -2.40. The van der Waals surface area contributed by atoms with E-state index in [-0.39, 0.29) is 18.9 Å². The third kappa shape index (κ3) is 3.74. The molecule has 3 rings (SSSR count). The molecule has 1 unspecified atom stereocenters. The number of rotatable bonds is 4. The summed E-state index contributed by atoms with van der Waals surface area (Å²) < 4.78 is 10.7. The zero-order valence-corrected chi connectivity index (χ0v) is 14.3. The summed E-state index contributed by atoms with van der Waals surface area (Å²) in [6, 6.07) is 12.9. The molecule has 0 radical (unpaired) electrons. The fraction of sp³-hybridized carbons (Fsp3) is 0.278. The largest absolute Gasteiger partial charge is 0.454 e. The Morgan fingerprint density at radius 3 is 2.83 bits per heavy atom. The molecule has 2 aromatic rings. The lowest BCUT2D eigenvalue weighted by Crippen LogP contribution is -2.38. The number of carbonyl (C=O) groups is 1. The molecule has 5 nitrogen and oxygen atoms in total. The second kappa shape index (κ2) is 7.01. The summed E-state index contributed by atoms with van der Waals surface area (Å²) in [5, 5.41) is 3.62. The Kier molecular flexibility index (Phi) is 4.81. The van der Waals surface area contributed by atoms with Crippen molar-refractivity contribution in [1.82, 2.24) is 10.2 Å². The molecular formula is C18H19ClN2O3. The molecule has 0 aromatic heterocycles. The van der Waals surface area contributed by atoms with Crippen molar-refractivity contribution in [3.05, 3.63) is 58.6 Å². The van der Waals surface area contributed by atoms with E-state index in [1.165, 1.54) is 0 Å². The topological polar surface area (TPSA) is 50.8 Å². The van der Waals surface area contributed by atoms with Crippen LogP contribution in [0.15, 0.2) is 42.5 Å². The number of fused-ring (bicyclic) bond motifs is 1. The lowest BCUT2D eigenvalue weighted by Gasteiger charge is -2.22. The second-order valence-corrected chi connectivity index (χ2v) is 6.21. The number of hydrogen-bond acceptors (Lipinski definition) is 3. The minimum atomic E-state index is -0.153. The number of ether oxygens (including phenoxy) is 2.